The quantitative estimate of drug-likeness (QED) is 0.738. The third-order valence-corrected chi connectivity index (χ3v) is 4.56. The maximum atomic E-state index is 12.7. The molecule has 2 N–H and O–H groups in total. The summed E-state index contributed by atoms with van der Waals surface area (Å²) < 4.78 is 59.8. The third-order valence-electron chi connectivity index (χ3n) is 3.16. The molecule has 0 aromatic heterocycles. The smallest absolute Gasteiger partial charge is 0.313 e. The van der Waals surface area contributed by atoms with E-state index in [1.54, 1.807) is 18.2 Å². The topological polar surface area (TPSA) is 95.7 Å². The van der Waals surface area contributed by atoms with Crippen molar-refractivity contribution in [3.8, 4) is 0 Å². The molecule has 1 aliphatic heterocycles. The van der Waals surface area contributed by atoms with Crippen LogP contribution in [0.25, 0.3) is 0 Å². The van der Waals surface area contributed by atoms with Gasteiger partial charge in [0.25, 0.3) is 0 Å². The molecule has 0 unspecified atom stereocenters. The van der Waals surface area contributed by atoms with Crippen LogP contribution in [0.4, 0.5) is 0 Å². The lowest BCUT2D eigenvalue weighted by Crippen LogP contribution is -2.16. The second-order valence-electron chi connectivity index (χ2n) is 4.97. The molecule has 0 radical (unpaired) electrons. The highest BCUT2D eigenvalue weighted by atomic mass is 79.9. The van der Waals surface area contributed by atoms with Gasteiger partial charge in [-0.3, -0.25) is 4.79 Å². The van der Waals surface area contributed by atoms with Crippen LogP contribution in [0, 0.1) is 0 Å². The summed E-state index contributed by atoms with van der Waals surface area (Å²) in [7, 11) is -5.00. The molecule has 0 spiro atoms. The highest BCUT2D eigenvalue weighted by Crippen LogP contribution is 2.33. The van der Waals surface area contributed by atoms with Gasteiger partial charge in [-0.1, -0.05) is 58.4 Å². The summed E-state index contributed by atoms with van der Waals surface area (Å²) in [5, 5.41) is 0. The van der Waals surface area contributed by atoms with Gasteiger partial charge in [-0.05, 0) is 17.7 Å². The zero-order valence-electron chi connectivity index (χ0n) is 15.6. The van der Waals surface area contributed by atoms with E-state index in [-0.39, 0.29) is 11.1 Å². The van der Waals surface area contributed by atoms with Gasteiger partial charge in [-0.25, -0.2) is 0 Å². The minimum atomic E-state index is -5.00. The number of nitrogens with two attached hydrogens (primary N) is 1. The van der Waals surface area contributed by atoms with Gasteiger partial charge in [-0.15, -0.1) is 0 Å². The van der Waals surface area contributed by atoms with Crippen LogP contribution in [0.15, 0.2) is 70.7 Å². The van der Waals surface area contributed by atoms with Gasteiger partial charge in [0, 0.05) is 10.0 Å². The van der Waals surface area contributed by atoms with E-state index in [2.05, 4.69) is 15.9 Å². The molecular weight excluding hydrogens is 410 g/mol. The number of benzene rings is 2. The van der Waals surface area contributed by atoms with Crippen molar-refractivity contribution in [1.29, 1.82) is 0 Å². The van der Waals surface area contributed by atoms with Crippen LogP contribution < -0.4 is 5.73 Å². The Morgan fingerprint density at radius 2 is 1.84 bits per heavy atom. The number of halogens is 1. The Kier molecular flexibility index (Phi) is 3.84. The lowest BCUT2D eigenvalue weighted by Gasteiger charge is -2.10. The molecule has 3 rings (SSSR count). The summed E-state index contributed by atoms with van der Waals surface area (Å²) >= 11 is 3.23. The van der Waals surface area contributed by atoms with Crippen LogP contribution in [-0.2, 0) is 29.5 Å². The number of Topliss-reactive ketones (excluding diaryl/α,β-unsaturated/α-hetero) is 1. The SMILES string of the molecule is [2H]C([2H])(c1ccccc1)S(=O)(=O)OC1=C(N)O[C@@]([2H])(c2ccc(Br)cc2)C1=O. The average molecular weight is 427 g/mol. The Morgan fingerprint density at radius 1 is 1.20 bits per heavy atom. The summed E-state index contributed by atoms with van der Waals surface area (Å²) in [6.07, 6.45) is -2.34. The van der Waals surface area contributed by atoms with Gasteiger partial charge in [0.05, 0.1) is 4.11 Å². The molecule has 2 aromatic rings. The number of rotatable bonds is 5. The summed E-state index contributed by atoms with van der Waals surface area (Å²) in [5.74, 6) is -2.80. The molecule has 0 bridgehead atoms. The molecule has 1 atom stereocenters. The van der Waals surface area contributed by atoms with E-state index in [0.717, 1.165) is 0 Å². The second-order valence-corrected chi connectivity index (χ2v) is 7.16. The summed E-state index contributed by atoms with van der Waals surface area (Å²) in [6.45, 7) is 0. The molecular formula is C17H14BrNO5S. The van der Waals surface area contributed by atoms with Crippen molar-refractivity contribution < 1.29 is 26.2 Å². The fraction of sp³-hybridized carbons (Fsp3) is 0.118. The van der Waals surface area contributed by atoms with Gasteiger partial charge in [0.2, 0.25) is 17.4 Å². The first-order chi connectivity index (χ1) is 13.0. The minimum Gasteiger partial charge on any atom is -0.460 e. The van der Waals surface area contributed by atoms with Gasteiger partial charge in [0.15, 0.2) is 6.08 Å². The molecule has 0 amide bonds. The number of carbonyl (C=O) groups is 1. The van der Waals surface area contributed by atoms with Crippen molar-refractivity contribution >= 4 is 31.8 Å². The van der Waals surface area contributed by atoms with Crippen LogP contribution in [0.2, 0.25) is 0 Å². The van der Waals surface area contributed by atoms with E-state index in [1.165, 1.54) is 36.4 Å². The van der Waals surface area contributed by atoms with Gasteiger partial charge in [0.1, 0.15) is 5.70 Å². The fourth-order valence-electron chi connectivity index (χ4n) is 2.07. The normalized spacial score (nSPS) is 22.8. The van der Waals surface area contributed by atoms with Crippen LogP contribution in [-0.4, -0.2) is 14.2 Å². The standard InChI is InChI=1S/C17H14BrNO5S/c18-13-8-6-12(7-9-13)15-14(20)16(17(19)23-15)24-25(21,22)10-11-4-2-1-3-5-11/h1-9,15H,10,19H2/t15-/m0/s1/i10D2,15D. The Bertz CT molecular complexity index is 1060. The molecule has 0 saturated heterocycles. The lowest BCUT2D eigenvalue weighted by molar-refractivity contribution is -0.123. The molecule has 6 nitrogen and oxygen atoms in total. The molecule has 25 heavy (non-hydrogen) atoms. The van der Waals surface area contributed by atoms with Crippen molar-refractivity contribution in [2.75, 3.05) is 0 Å². The monoisotopic (exact) mass is 426 g/mol. The number of hydrogen-bond donors (Lipinski definition) is 1. The van der Waals surface area contributed by atoms with Crippen molar-refractivity contribution in [2.45, 2.75) is 11.8 Å². The average Bonchev–Trinajstić information content (AvgIpc) is 2.86. The van der Waals surface area contributed by atoms with E-state index < -0.39 is 39.3 Å². The lowest BCUT2D eigenvalue weighted by atomic mass is 10.1. The van der Waals surface area contributed by atoms with Crippen molar-refractivity contribution in [1.82, 2.24) is 0 Å². The Hall–Kier alpha value is -2.32. The third kappa shape index (κ3) is 4.02. The van der Waals surface area contributed by atoms with E-state index in [9.17, 15) is 13.2 Å². The first-order valence-corrected chi connectivity index (χ1v) is 9.18. The molecule has 8 heteroatoms. The molecule has 1 heterocycles. The zero-order valence-corrected chi connectivity index (χ0v) is 15.0. The Morgan fingerprint density at radius 3 is 2.48 bits per heavy atom. The number of ether oxygens (including phenoxy) is 1. The van der Waals surface area contributed by atoms with Crippen LogP contribution >= 0.6 is 15.9 Å². The van der Waals surface area contributed by atoms with Crippen molar-refractivity contribution in [3.05, 3.63) is 81.8 Å². The highest BCUT2D eigenvalue weighted by molar-refractivity contribution is 9.10. The predicted molar refractivity (Wildman–Crippen MR) is 94.3 cm³/mol. The number of ketones is 1. The molecule has 0 aliphatic carbocycles. The van der Waals surface area contributed by atoms with Crippen LogP contribution in [0.5, 0.6) is 0 Å². The van der Waals surface area contributed by atoms with E-state index in [1.807, 2.05) is 0 Å². The Balaban J connectivity index is 1.93. The molecule has 0 saturated carbocycles. The van der Waals surface area contributed by atoms with Gasteiger partial charge >= 0.3 is 10.1 Å². The largest absolute Gasteiger partial charge is 0.460 e. The highest BCUT2D eigenvalue weighted by Gasteiger charge is 2.39. The second kappa shape index (κ2) is 6.89. The number of carbonyl (C=O) groups excluding carboxylic acids is 1. The van der Waals surface area contributed by atoms with E-state index in [4.69, 9.17) is 18.8 Å². The first-order valence-electron chi connectivity index (χ1n) is 8.48. The first kappa shape index (κ1) is 13.9. The summed E-state index contributed by atoms with van der Waals surface area (Å²) in [6, 6.07) is 13.1. The molecule has 0 fully saturated rings. The maximum Gasteiger partial charge on any atom is 0.313 e. The van der Waals surface area contributed by atoms with Gasteiger partial charge < -0.3 is 14.7 Å². The molecule has 2 aromatic carbocycles. The fourth-order valence-corrected chi connectivity index (χ4v) is 3.18. The zero-order chi connectivity index (χ0) is 20.7. The van der Waals surface area contributed by atoms with Gasteiger partial charge in [-0.2, -0.15) is 8.42 Å². The van der Waals surface area contributed by atoms with Crippen LogP contribution in [0.3, 0.4) is 0 Å². The minimum absolute atomic E-state index is 0.103. The van der Waals surface area contributed by atoms with Crippen molar-refractivity contribution in [3.63, 3.8) is 0 Å². The van der Waals surface area contributed by atoms with Crippen LogP contribution in [0.1, 0.15) is 21.3 Å². The Labute approximate surface area is 157 Å². The van der Waals surface area contributed by atoms with E-state index >= 15 is 0 Å². The summed E-state index contributed by atoms with van der Waals surface area (Å²) in [5.41, 5.74) is 2.54. The number of hydrogen-bond acceptors (Lipinski definition) is 6. The molecule has 130 valence electrons. The predicted octanol–water partition coefficient (Wildman–Crippen LogP) is 2.76. The summed E-state index contributed by atoms with van der Waals surface area (Å²) in [4.78, 5) is 12.7. The maximum absolute atomic E-state index is 12.7. The van der Waals surface area contributed by atoms with E-state index in [0.29, 0.717) is 4.47 Å². The van der Waals surface area contributed by atoms with Crippen molar-refractivity contribution in [2.24, 2.45) is 5.73 Å². The molecule has 1 aliphatic rings.